The SMILES string of the molecule is CNC=O.COc1cc(F)c(C(CC=O)CN(C)c2nccc(N3CCN(C)CC3)c2C(F)(F)F)c(F)c1.Cc1ccc(OC(F)F)cc1. The van der Waals surface area contributed by atoms with E-state index in [0.717, 1.165) is 17.7 Å². The fraction of sp³-hybridized carbons (Fsp3) is 0.424. The highest BCUT2D eigenvalue weighted by atomic mass is 19.4. The summed E-state index contributed by atoms with van der Waals surface area (Å²) in [6.45, 7) is 0.946. The van der Waals surface area contributed by atoms with Crippen molar-refractivity contribution in [1.82, 2.24) is 15.2 Å². The number of nitrogens with one attached hydrogen (secondary N) is 1. The fourth-order valence-electron chi connectivity index (χ4n) is 4.92. The third-order valence-electron chi connectivity index (χ3n) is 7.33. The lowest BCUT2D eigenvalue weighted by atomic mass is 9.94. The van der Waals surface area contributed by atoms with Gasteiger partial charge >= 0.3 is 12.8 Å². The van der Waals surface area contributed by atoms with Crippen molar-refractivity contribution in [2.24, 2.45) is 0 Å². The predicted octanol–water partition coefficient (Wildman–Crippen LogP) is 5.91. The first-order valence-corrected chi connectivity index (χ1v) is 15.0. The van der Waals surface area contributed by atoms with Crippen molar-refractivity contribution >= 4 is 24.2 Å². The molecule has 4 rings (SSSR count). The molecule has 270 valence electrons. The number of pyridine rings is 1. The highest BCUT2D eigenvalue weighted by Crippen LogP contribution is 2.42. The normalized spacial score (nSPS) is 13.7. The number of piperazine rings is 1. The van der Waals surface area contributed by atoms with E-state index in [9.17, 15) is 35.5 Å². The van der Waals surface area contributed by atoms with Crippen molar-refractivity contribution < 1.29 is 49.8 Å². The third-order valence-corrected chi connectivity index (χ3v) is 7.33. The number of aldehydes is 1. The Morgan fingerprint density at radius 3 is 2.04 bits per heavy atom. The van der Waals surface area contributed by atoms with Gasteiger partial charge in [-0.25, -0.2) is 13.8 Å². The molecule has 1 amide bonds. The number of likely N-dealkylation sites (N-methyl/N-ethyl adjacent to an activating group) is 2. The average Bonchev–Trinajstić information content (AvgIpc) is 3.05. The summed E-state index contributed by atoms with van der Waals surface area (Å²) in [4.78, 5) is 29.2. The number of carbonyl (C=O) groups excluding carboxylic acids is 2. The molecule has 1 aliphatic heterocycles. The average molecular weight is 704 g/mol. The number of benzene rings is 2. The van der Waals surface area contributed by atoms with Crippen LogP contribution in [0.5, 0.6) is 11.5 Å². The highest BCUT2D eigenvalue weighted by molar-refractivity contribution is 5.66. The van der Waals surface area contributed by atoms with Gasteiger partial charge in [-0.1, -0.05) is 17.7 Å². The van der Waals surface area contributed by atoms with E-state index in [2.05, 4.69) is 15.0 Å². The first-order valence-electron chi connectivity index (χ1n) is 15.0. The molecule has 9 nitrogen and oxygen atoms in total. The van der Waals surface area contributed by atoms with Gasteiger partial charge in [0.15, 0.2) is 0 Å². The first-order chi connectivity index (χ1) is 23.2. The van der Waals surface area contributed by atoms with Crippen LogP contribution in [0, 0.1) is 18.6 Å². The first kappa shape index (κ1) is 40.6. The smallest absolute Gasteiger partial charge is 0.421 e. The van der Waals surface area contributed by atoms with Gasteiger partial charge in [0.25, 0.3) is 0 Å². The van der Waals surface area contributed by atoms with Crippen LogP contribution in [0.3, 0.4) is 0 Å². The van der Waals surface area contributed by atoms with Gasteiger partial charge in [-0.15, -0.1) is 0 Å². The second kappa shape index (κ2) is 19.4. The summed E-state index contributed by atoms with van der Waals surface area (Å²) in [5, 5.41) is 2.25. The van der Waals surface area contributed by atoms with E-state index in [1.54, 1.807) is 24.1 Å². The summed E-state index contributed by atoms with van der Waals surface area (Å²) in [6, 6.07) is 9.75. The van der Waals surface area contributed by atoms with Gasteiger partial charge in [0.2, 0.25) is 6.41 Å². The van der Waals surface area contributed by atoms with Crippen LogP contribution in [0.2, 0.25) is 0 Å². The number of amides is 1. The minimum absolute atomic E-state index is 0.00574. The number of aryl methyl sites for hydroxylation is 1. The Labute approximate surface area is 280 Å². The second-order valence-corrected chi connectivity index (χ2v) is 10.9. The molecular formula is C33H40F7N5O4. The number of halogens is 7. The summed E-state index contributed by atoms with van der Waals surface area (Å²) in [5.41, 5.74) is -0.274. The van der Waals surface area contributed by atoms with E-state index in [1.165, 1.54) is 43.5 Å². The lowest BCUT2D eigenvalue weighted by Crippen LogP contribution is -2.45. The Morgan fingerprint density at radius 1 is 1.00 bits per heavy atom. The zero-order valence-corrected chi connectivity index (χ0v) is 27.7. The molecule has 1 fully saturated rings. The molecule has 1 N–H and O–H groups in total. The van der Waals surface area contributed by atoms with Crippen LogP contribution in [-0.2, 0) is 15.8 Å². The van der Waals surface area contributed by atoms with Crippen molar-refractivity contribution in [2.45, 2.75) is 32.1 Å². The van der Waals surface area contributed by atoms with Crippen LogP contribution in [0.4, 0.5) is 42.2 Å². The van der Waals surface area contributed by atoms with Crippen molar-refractivity contribution in [3.05, 3.63) is 77.0 Å². The van der Waals surface area contributed by atoms with E-state index in [-0.39, 0.29) is 41.5 Å². The van der Waals surface area contributed by atoms with Gasteiger partial charge in [0.1, 0.15) is 40.8 Å². The second-order valence-electron chi connectivity index (χ2n) is 10.9. The summed E-state index contributed by atoms with van der Waals surface area (Å²) >= 11 is 0. The molecule has 1 unspecified atom stereocenters. The number of anilines is 2. The van der Waals surface area contributed by atoms with Gasteiger partial charge in [-0.2, -0.15) is 22.0 Å². The van der Waals surface area contributed by atoms with Gasteiger partial charge in [0.05, 0.1) is 12.8 Å². The molecule has 0 saturated carbocycles. The summed E-state index contributed by atoms with van der Waals surface area (Å²) in [6.07, 6.45) is -2.60. The molecule has 2 aromatic carbocycles. The van der Waals surface area contributed by atoms with Gasteiger partial charge in [-0.3, -0.25) is 4.79 Å². The Hall–Kier alpha value is -4.60. The number of ether oxygens (including phenoxy) is 2. The van der Waals surface area contributed by atoms with Crippen LogP contribution < -0.4 is 24.6 Å². The lowest BCUT2D eigenvalue weighted by Gasteiger charge is -2.36. The maximum atomic E-state index is 14.7. The topological polar surface area (TPSA) is 87.2 Å². The maximum absolute atomic E-state index is 14.7. The summed E-state index contributed by atoms with van der Waals surface area (Å²) in [5.74, 6) is -3.12. The minimum Gasteiger partial charge on any atom is -0.497 e. The monoisotopic (exact) mass is 703 g/mol. The number of aromatic nitrogens is 1. The molecule has 1 aliphatic rings. The zero-order valence-electron chi connectivity index (χ0n) is 27.7. The standard InChI is InChI=1S/C23H27F5N4O2.C8H8F2O.C2H5NO/c1-30-7-9-32(10-8-30)19-4-6-29-22(21(19)23(26,27)28)31(2)14-15(5-11-33)20-17(24)12-16(34-3)13-18(20)25;1-6-2-4-7(5-3-6)11-8(9)10;1-3-2-4/h4,6,11-13,15H,5,7-10,14H2,1-3H3;2-5,8H,1H3;2H,1H3,(H,3,4). The number of alkyl halides is 5. The number of carbonyl (C=O) groups is 2. The maximum Gasteiger partial charge on any atom is 0.421 e. The van der Waals surface area contributed by atoms with E-state index in [4.69, 9.17) is 9.53 Å². The summed E-state index contributed by atoms with van der Waals surface area (Å²) in [7, 11) is 6.08. The molecule has 2 heterocycles. The number of hydrogen-bond donors (Lipinski definition) is 1. The molecule has 1 atom stereocenters. The lowest BCUT2D eigenvalue weighted by molar-refractivity contribution is -0.136. The quantitative estimate of drug-likeness (QED) is 0.195. The largest absolute Gasteiger partial charge is 0.497 e. The Morgan fingerprint density at radius 2 is 1.57 bits per heavy atom. The fourth-order valence-corrected chi connectivity index (χ4v) is 4.92. The van der Waals surface area contributed by atoms with Crippen molar-refractivity contribution in [3.8, 4) is 11.5 Å². The van der Waals surface area contributed by atoms with Crippen LogP contribution in [0.15, 0.2) is 48.7 Å². The molecule has 0 spiro atoms. The number of rotatable bonds is 11. The van der Waals surface area contributed by atoms with Crippen molar-refractivity contribution in [3.63, 3.8) is 0 Å². The molecular weight excluding hydrogens is 663 g/mol. The molecule has 1 saturated heterocycles. The zero-order chi connectivity index (χ0) is 36.7. The van der Waals surface area contributed by atoms with E-state index in [1.807, 2.05) is 18.9 Å². The van der Waals surface area contributed by atoms with Crippen molar-refractivity contribution in [1.29, 1.82) is 0 Å². The van der Waals surface area contributed by atoms with E-state index in [0.29, 0.717) is 38.9 Å². The number of methoxy groups -OCH3 is 1. The van der Waals surface area contributed by atoms with Crippen LogP contribution in [0.25, 0.3) is 0 Å². The number of nitrogens with zero attached hydrogens (tertiary/aromatic N) is 4. The van der Waals surface area contributed by atoms with E-state index < -0.39 is 35.9 Å². The Kier molecular flexibility index (Phi) is 16.1. The molecule has 49 heavy (non-hydrogen) atoms. The third kappa shape index (κ3) is 12.4. The molecule has 1 aromatic heterocycles. The predicted molar refractivity (Wildman–Crippen MR) is 171 cm³/mol. The summed E-state index contributed by atoms with van der Waals surface area (Å²) < 4.78 is 104. The molecule has 0 bridgehead atoms. The van der Waals surface area contributed by atoms with Crippen LogP contribution >= 0.6 is 0 Å². The van der Waals surface area contributed by atoms with Gasteiger partial charge < -0.3 is 34.3 Å². The van der Waals surface area contributed by atoms with Crippen LogP contribution in [-0.4, -0.2) is 90.2 Å². The molecule has 3 aromatic rings. The molecule has 16 heteroatoms. The number of hydrogen-bond acceptors (Lipinski definition) is 8. The van der Waals surface area contributed by atoms with E-state index >= 15 is 0 Å². The Balaban J connectivity index is 0.000000459. The minimum atomic E-state index is -4.71. The highest BCUT2D eigenvalue weighted by Gasteiger charge is 2.40. The van der Waals surface area contributed by atoms with Gasteiger partial charge in [-0.05, 0) is 32.2 Å². The molecule has 0 radical (unpaired) electrons. The van der Waals surface area contributed by atoms with Crippen LogP contribution in [0.1, 0.15) is 29.0 Å². The molecule has 0 aliphatic carbocycles. The Bertz CT molecular complexity index is 1450. The van der Waals surface area contributed by atoms with Crippen molar-refractivity contribution in [2.75, 3.05) is 70.8 Å². The van der Waals surface area contributed by atoms with Gasteiger partial charge in [0, 0.05) is 83.1 Å².